The van der Waals surface area contributed by atoms with Crippen LogP contribution in [0.5, 0.6) is 5.88 Å². The Kier molecular flexibility index (Phi) is 4.29. The number of carbonyl (C=O) groups is 1. The first-order valence-corrected chi connectivity index (χ1v) is 7.15. The number of amides is 1. The van der Waals surface area contributed by atoms with E-state index in [9.17, 15) is 4.79 Å². The van der Waals surface area contributed by atoms with Crippen LogP contribution in [0.2, 0.25) is 0 Å². The predicted molar refractivity (Wildman–Crippen MR) is 81.0 cm³/mol. The number of rotatable bonds is 4. The molecule has 1 N–H and O–H groups in total. The molecule has 114 valence electrons. The third-order valence-electron chi connectivity index (χ3n) is 3.33. The molecule has 0 spiro atoms. The molecule has 1 aliphatic heterocycles. The number of aromatic nitrogens is 2. The Morgan fingerprint density at radius 2 is 2.18 bits per heavy atom. The van der Waals surface area contributed by atoms with Crippen LogP contribution >= 0.6 is 0 Å². The van der Waals surface area contributed by atoms with Gasteiger partial charge in [0.15, 0.2) is 0 Å². The van der Waals surface area contributed by atoms with E-state index in [4.69, 9.17) is 9.47 Å². The second-order valence-corrected chi connectivity index (χ2v) is 5.16. The third-order valence-corrected chi connectivity index (χ3v) is 3.33. The molecule has 1 fully saturated rings. The van der Waals surface area contributed by atoms with Gasteiger partial charge in [0, 0.05) is 30.4 Å². The van der Waals surface area contributed by atoms with E-state index < -0.39 is 0 Å². The first-order chi connectivity index (χ1) is 10.7. The van der Waals surface area contributed by atoms with Crippen molar-refractivity contribution in [3.63, 3.8) is 0 Å². The monoisotopic (exact) mass is 299 g/mol. The van der Waals surface area contributed by atoms with Crippen molar-refractivity contribution in [3.05, 3.63) is 47.8 Å². The number of nitrogens with zero attached hydrogens (tertiary/aromatic N) is 2. The molecule has 1 atom stereocenters. The molecule has 1 saturated heterocycles. The van der Waals surface area contributed by atoms with Gasteiger partial charge in [0.05, 0.1) is 13.2 Å². The van der Waals surface area contributed by atoms with E-state index in [1.165, 1.54) is 0 Å². The molecule has 2 aromatic heterocycles. The van der Waals surface area contributed by atoms with Crippen LogP contribution in [0.25, 0.3) is 0 Å². The van der Waals surface area contributed by atoms with E-state index in [1.54, 1.807) is 24.5 Å². The summed E-state index contributed by atoms with van der Waals surface area (Å²) in [6.07, 6.45) is 4.06. The van der Waals surface area contributed by atoms with Gasteiger partial charge in [-0.05, 0) is 30.7 Å². The second-order valence-electron chi connectivity index (χ2n) is 5.16. The Hall–Kier alpha value is -2.47. The Morgan fingerprint density at radius 3 is 2.95 bits per heavy atom. The summed E-state index contributed by atoms with van der Waals surface area (Å²) in [6.45, 7) is 3.20. The molecule has 1 amide bonds. The zero-order valence-corrected chi connectivity index (χ0v) is 12.3. The summed E-state index contributed by atoms with van der Waals surface area (Å²) >= 11 is 0. The van der Waals surface area contributed by atoms with Crippen molar-refractivity contribution >= 4 is 11.7 Å². The average Bonchev–Trinajstić information content (AvgIpc) is 3.00. The van der Waals surface area contributed by atoms with Gasteiger partial charge in [-0.3, -0.25) is 4.79 Å². The van der Waals surface area contributed by atoms with Crippen LogP contribution in [0.4, 0.5) is 5.82 Å². The van der Waals surface area contributed by atoms with Crippen molar-refractivity contribution in [3.8, 4) is 5.88 Å². The highest BCUT2D eigenvalue weighted by Crippen LogP contribution is 2.16. The highest BCUT2D eigenvalue weighted by molar-refractivity contribution is 6.03. The first-order valence-electron chi connectivity index (χ1n) is 7.15. The highest BCUT2D eigenvalue weighted by Gasteiger charge is 2.18. The van der Waals surface area contributed by atoms with Crippen LogP contribution in [-0.4, -0.2) is 35.2 Å². The van der Waals surface area contributed by atoms with Crippen LogP contribution in [0.15, 0.2) is 36.7 Å². The van der Waals surface area contributed by atoms with Crippen LogP contribution in [0.1, 0.15) is 22.3 Å². The van der Waals surface area contributed by atoms with Gasteiger partial charge < -0.3 is 14.8 Å². The smallest absolute Gasteiger partial charge is 0.257 e. The molecule has 0 radical (unpaired) electrons. The molecule has 3 heterocycles. The van der Waals surface area contributed by atoms with E-state index >= 15 is 0 Å². The zero-order valence-electron chi connectivity index (χ0n) is 12.3. The SMILES string of the molecule is Cc1ccnc(NC(=O)c2ccnc(OC3CCOC3)c2)c1. The fourth-order valence-corrected chi connectivity index (χ4v) is 2.18. The molecule has 2 aromatic rings. The number of carbonyl (C=O) groups excluding carboxylic acids is 1. The minimum absolute atomic E-state index is 0.00394. The van der Waals surface area contributed by atoms with Gasteiger partial charge in [-0.25, -0.2) is 9.97 Å². The van der Waals surface area contributed by atoms with Crippen molar-refractivity contribution in [2.75, 3.05) is 18.5 Å². The van der Waals surface area contributed by atoms with Crippen molar-refractivity contribution < 1.29 is 14.3 Å². The number of pyridine rings is 2. The Bertz CT molecular complexity index is 669. The lowest BCUT2D eigenvalue weighted by atomic mass is 10.2. The van der Waals surface area contributed by atoms with Gasteiger partial charge in [0.2, 0.25) is 5.88 Å². The minimum Gasteiger partial charge on any atom is -0.472 e. The molecule has 0 aromatic carbocycles. The molecular weight excluding hydrogens is 282 g/mol. The van der Waals surface area contributed by atoms with E-state index in [0.29, 0.717) is 30.5 Å². The summed E-state index contributed by atoms with van der Waals surface area (Å²) in [5, 5.41) is 2.76. The fraction of sp³-hybridized carbons (Fsp3) is 0.312. The Labute approximate surface area is 128 Å². The zero-order chi connectivity index (χ0) is 15.4. The molecule has 0 bridgehead atoms. The minimum atomic E-state index is -0.243. The van der Waals surface area contributed by atoms with Gasteiger partial charge >= 0.3 is 0 Å². The van der Waals surface area contributed by atoms with Gasteiger partial charge in [0.1, 0.15) is 11.9 Å². The predicted octanol–water partition coefficient (Wildman–Crippen LogP) is 2.21. The summed E-state index contributed by atoms with van der Waals surface area (Å²) in [5.41, 5.74) is 1.51. The Morgan fingerprint density at radius 1 is 1.32 bits per heavy atom. The lowest BCUT2D eigenvalue weighted by molar-refractivity contribution is 0.102. The lowest BCUT2D eigenvalue weighted by Gasteiger charge is -2.11. The van der Waals surface area contributed by atoms with E-state index in [1.807, 2.05) is 19.1 Å². The molecule has 1 unspecified atom stereocenters. The quantitative estimate of drug-likeness (QED) is 0.937. The van der Waals surface area contributed by atoms with Crippen LogP contribution in [0.3, 0.4) is 0 Å². The molecule has 0 saturated carbocycles. The second kappa shape index (κ2) is 6.53. The molecule has 22 heavy (non-hydrogen) atoms. The van der Waals surface area contributed by atoms with Crippen molar-refractivity contribution in [2.24, 2.45) is 0 Å². The topological polar surface area (TPSA) is 73.3 Å². The van der Waals surface area contributed by atoms with E-state index in [0.717, 1.165) is 12.0 Å². The first kappa shape index (κ1) is 14.5. The molecule has 1 aliphatic rings. The standard InChI is InChI=1S/C16H17N3O3/c1-11-2-5-17-14(8-11)19-16(20)12-3-6-18-15(9-12)22-13-4-7-21-10-13/h2-3,5-6,8-9,13H,4,7,10H2,1H3,(H,17,19,20). The maximum absolute atomic E-state index is 12.3. The number of aryl methyl sites for hydroxylation is 1. The molecule has 3 rings (SSSR count). The Balaban J connectivity index is 1.69. The van der Waals surface area contributed by atoms with E-state index in [2.05, 4.69) is 15.3 Å². The van der Waals surface area contributed by atoms with E-state index in [-0.39, 0.29) is 12.0 Å². The molecule has 6 heteroatoms. The third kappa shape index (κ3) is 3.59. The van der Waals surface area contributed by atoms with Gasteiger partial charge in [-0.2, -0.15) is 0 Å². The van der Waals surface area contributed by atoms with Crippen molar-refractivity contribution in [1.82, 2.24) is 9.97 Å². The van der Waals surface area contributed by atoms with Gasteiger partial charge in [-0.1, -0.05) is 0 Å². The van der Waals surface area contributed by atoms with Crippen molar-refractivity contribution in [1.29, 1.82) is 0 Å². The fourth-order valence-electron chi connectivity index (χ4n) is 2.18. The maximum atomic E-state index is 12.3. The molecule has 6 nitrogen and oxygen atoms in total. The summed E-state index contributed by atoms with van der Waals surface area (Å²) in [6, 6.07) is 6.96. The summed E-state index contributed by atoms with van der Waals surface area (Å²) in [5.74, 6) is 0.710. The average molecular weight is 299 g/mol. The molecular formula is C16H17N3O3. The normalized spacial score (nSPS) is 17.2. The van der Waals surface area contributed by atoms with Crippen molar-refractivity contribution in [2.45, 2.75) is 19.4 Å². The molecule has 0 aliphatic carbocycles. The largest absolute Gasteiger partial charge is 0.472 e. The number of hydrogen-bond acceptors (Lipinski definition) is 5. The van der Waals surface area contributed by atoms with Crippen LogP contribution in [-0.2, 0) is 4.74 Å². The van der Waals surface area contributed by atoms with Gasteiger partial charge in [0.25, 0.3) is 5.91 Å². The summed E-state index contributed by atoms with van der Waals surface area (Å²) in [7, 11) is 0. The highest BCUT2D eigenvalue weighted by atomic mass is 16.5. The summed E-state index contributed by atoms with van der Waals surface area (Å²) in [4.78, 5) is 20.5. The number of nitrogens with one attached hydrogen (secondary N) is 1. The number of anilines is 1. The lowest BCUT2D eigenvalue weighted by Crippen LogP contribution is -2.17. The summed E-state index contributed by atoms with van der Waals surface area (Å²) < 4.78 is 11.0. The number of hydrogen-bond donors (Lipinski definition) is 1. The number of ether oxygens (including phenoxy) is 2. The van der Waals surface area contributed by atoms with Crippen LogP contribution < -0.4 is 10.1 Å². The maximum Gasteiger partial charge on any atom is 0.257 e. The van der Waals surface area contributed by atoms with Gasteiger partial charge in [-0.15, -0.1) is 0 Å². The van der Waals surface area contributed by atoms with Crippen LogP contribution in [0, 0.1) is 6.92 Å².